The lowest BCUT2D eigenvalue weighted by Crippen LogP contribution is -2.11. The summed E-state index contributed by atoms with van der Waals surface area (Å²) in [5.74, 6) is 0. The van der Waals surface area contributed by atoms with Gasteiger partial charge in [-0.05, 0) is 223 Å². The first kappa shape index (κ1) is 66.6. The summed E-state index contributed by atoms with van der Waals surface area (Å²) in [6.07, 6.45) is 0.960. The Hall–Kier alpha value is -13.6. The van der Waals surface area contributed by atoms with Gasteiger partial charge in [-0.1, -0.05) is 287 Å². The Balaban J connectivity index is 0.000000145. The Labute approximate surface area is 664 Å². The Morgan fingerprint density at radius 2 is 0.491 bits per heavy atom. The molecule has 0 unspecified atom stereocenters. The smallest absolute Gasteiger partial charge is 0.0542 e. The Morgan fingerprint density at radius 3 is 0.884 bits per heavy atom. The molecule has 0 aliphatic rings. The number of fused-ring (bicyclic) bond motifs is 9. The van der Waals surface area contributed by atoms with E-state index in [0.29, 0.717) is 0 Å². The highest BCUT2D eigenvalue weighted by Gasteiger charge is 2.25. The maximum Gasteiger partial charge on any atom is 0.0542 e. The summed E-state index contributed by atoms with van der Waals surface area (Å²) < 4.78 is 9.44. The second kappa shape index (κ2) is 27.8. The van der Waals surface area contributed by atoms with Crippen molar-refractivity contribution in [2.24, 2.45) is 0 Å². The molecular weight excluding hydrogens is 1490 g/mol. The minimum atomic E-state index is 0.960. The third kappa shape index (κ3) is 11.3. The zero-order valence-corrected chi connectivity index (χ0v) is 64.1. The van der Waals surface area contributed by atoms with Crippen LogP contribution in [0.2, 0.25) is 0 Å². The second-order valence-electron chi connectivity index (χ2n) is 28.9. The van der Waals surface area contributed by atoms with Crippen molar-refractivity contribution < 1.29 is 0 Å². The number of hydrogen-bond acceptors (Lipinski definition) is 2. The number of benzene rings is 20. The maximum absolute atomic E-state index is 3.65. The highest BCUT2D eigenvalue weighted by molar-refractivity contribution is 9.11. The molecule has 0 saturated carbocycles. The molecule has 112 heavy (non-hydrogen) atoms. The van der Waals surface area contributed by atoms with Crippen LogP contribution >= 0.6 is 31.9 Å². The van der Waals surface area contributed by atoms with Crippen LogP contribution in [0.5, 0.6) is 0 Å². The Morgan fingerprint density at radius 1 is 0.196 bits per heavy atom. The molecule has 23 rings (SSSR count). The van der Waals surface area contributed by atoms with E-state index in [1.54, 1.807) is 0 Å². The van der Waals surface area contributed by atoms with E-state index in [9.17, 15) is 0 Å². The average Bonchev–Trinajstić information content (AvgIpc) is 1.61. The van der Waals surface area contributed by atoms with Crippen LogP contribution in [0, 0.1) is 0 Å². The molecule has 0 radical (unpaired) electrons. The molecule has 20 aromatic carbocycles. The van der Waals surface area contributed by atoms with Gasteiger partial charge in [0.15, 0.2) is 0 Å². The van der Waals surface area contributed by atoms with Gasteiger partial charge in [-0.15, -0.1) is 0 Å². The number of para-hydroxylation sites is 8. The minimum Gasteiger partial charge on any atom is -0.310 e. The predicted molar refractivity (Wildman–Crippen MR) is 484 cm³/mol. The van der Waals surface area contributed by atoms with Crippen LogP contribution in [0.15, 0.2) is 415 Å². The summed E-state index contributed by atoms with van der Waals surface area (Å²) in [7, 11) is 0. The molecule has 0 saturated heterocycles. The molecule has 0 aliphatic heterocycles. The molecule has 23 aromatic rings. The van der Waals surface area contributed by atoms with Crippen molar-refractivity contribution in [3.63, 3.8) is 0 Å². The standard InChI is InChI=1S/C64H42N4.C25H19N.C16H8Br2/c1-5-17-45(18-6-1)65(49-33-39-61-55(41-49)51-25-13-15-27-57(51)67(61)47-21-9-3-10-22-47)59-37-31-43-30-36-54-60(38-32-44-29-35-53(59)63(43)64(44)54)66(46-19-7-2-8-20-46)50-34-40-62-56(42-50)52-26-14-16-28-58(52)68(62)48-23-11-4-12-24-48;1-3-9-19(10-4-1)17-20-15-16-25-23(18-20)22-13-7-8-14-24(22)26(25)21-11-5-2-6-12-21;17-13-8-4-10-2-6-12-14(18)7-3-9-1-5-11(13)16(10)15(9)12/h1-42H;1-16,18H,17H2;1-8H. The SMILES string of the molecule is Brc1ccc2ccc3c(Br)ccc4ccc1c2c43.c1ccc(Cc2ccc3c(c2)c2ccccc2n3-c2ccccc2)cc1.c1ccc(N(c2ccc3c(c2)c2ccccc2n3-c2ccccc2)c2ccc3ccc4c(N(c5ccccc5)c5ccc6c(c5)c5ccccc5n6-c5ccccc5)ccc5ccc2c3c54)cc1. The van der Waals surface area contributed by atoms with Crippen molar-refractivity contribution in [2.75, 3.05) is 9.80 Å². The molecule has 7 heteroatoms. The molecule has 0 spiro atoms. The van der Waals surface area contributed by atoms with E-state index < -0.39 is 0 Å². The van der Waals surface area contributed by atoms with Crippen molar-refractivity contribution in [1.29, 1.82) is 0 Å². The molecular formula is C105H69Br2N5. The topological polar surface area (TPSA) is 21.3 Å². The predicted octanol–water partition coefficient (Wildman–Crippen LogP) is 30.2. The largest absolute Gasteiger partial charge is 0.310 e. The number of nitrogens with zero attached hydrogens (tertiary/aromatic N) is 5. The summed E-state index contributed by atoms with van der Waals surface area (Å²) in [5.41, 5.74) is 20.2. The normalized spacial score (nSPS) is 11.7. The fraction of sp³-hybridized carbons (Fsp3) is 0.00952. The summed E-state index contributed by atoms with van der Waals surface area (Å²) in [5, 5.41) is 22.7. The van der Waals surface area contributed by atoms with E-state index in [-0.39, 0.29) is 0 Å². The third-order valence-electron chi connectivity index (χ3n) is 22.5. The van der Waals surface area contributed by atoms with Crippen LogP contribution in [0.25, 0.3) is 147 Å². The highest BCUT2D eigenvalue weighted by Crippen LogP contribution is 2.50. The third-order valence-corrected chi connectivity index (χ3v) is 23.9. The monoisotopic (exact) mass is 1560 g/mol. The quantitative estimate of drug-likeness (QED) is 0.120. The molecule has 528 valence electrons. The first-order valence-corrected chi connectivity index (χ1v) is 39.7. The van der Waals surface area contributed by atoms with Crippen molar-refractivity contribution in [2.45, 2.75) is 6.42 Å². The van der Waals surface area contributed by atoms with Crippen molar-refractivity contribution in [3.05, 3.63) is 427 Å². The van der Waals surface area contributed by atoms with Gasteiger partial charge in [0.1, 0.15) is 0 Å². The summed E-state index contributed by atoms with van der Waals surface area (Å²) in [4.78, 5) is 4.89. The summed E-state index contributed by atoms with van der Waals surface area (Å²) in [6.45, 7) is 0. The van der Waals surface area contributed by atoms with E-state index in [0.717, 1.165) is 60.9 Å². The Bertz CT molecular complexity index is 7130. The number of halogens is 2. The first-order chi connectivity index (χ1) is 55.4. The number of rotatable bonds is 11. The van der Waals surface area contributed by atoms with Crippen molar-refractivity contribution in [3.8, 4) is 17.1 Å². The zero-order valence-electron chi connectivity index (χ0n) is 60.9. The molecule has 5 nitrogen and oxygen atoms in total. The van der Waals surface area contributed by atoms with Crippen molar-refractivity contribution in [1.82, 2.24) is 13.7 Å². The van der Waals surface area contributed by atoms with E-state index in [4.69, 9.17) is 0 Å². The van der Waals surface area contributed by atoms with Gasteiger partial charge in [0.2, 0.25) is 0 Å². The molecule has 3 aromatic heterocycles. The number of aromatic nitrogens is 3. The molecule has 3 heterocycles. The minimum absolute atomic E-state index is 0.960. The fourth-order valence-corrected chi connectivity index (χ4v) is 18.6. The van der Waals surface area contributed by atoms with Crippen LogP contribution in [-0.2, 0) is 6.42 Å². The number of anilines is 6. The zero-order chi connectivity index (χ0) is 74.3. The highest BCUT2D eigenvalue weighted by atomic mass is 79.9. The second-order valence-corrected chi connectivity index (χ2v) is 30.6. The van der Waals surface area contributed by atoms with Gasteiger partial charge in [0.25, 0.3) is 0 Å². The summed E-state index contributed by atoms with van der Waals surface area (Å²) >= 11 is 7.30. The number of hydrogen-bond donors (Lipinski definition) is 0. The van der Waals surface area contributed by atoms with Crippen LogP contribution in [0.4, 0.5) is 34.1 Å². The van der Waals surface area contributed by atoms with Gasteiger partial charge in [0, 0.05) is 91.8 Å². The molecule has 0 amide bonds. The van der Waals surface area contributed by atoms with Crippen LogP contribution in [-0.4, -0.2) is 13.7 Å². The van der Waals surface area contributed by atoms with Crippen molar-refractivity contribution >= 4 is 196 Å². The lowest BCUT2D eigenvalue weighted by molar-refractivity contribution is 1.17. The summed E-state index contributed by atoms with van der Waals surface area (Å²) in [6, 6.07) is 147. The molecule has 0 fully saturated rings. The van der Waals surface area contributed by atoms with Gasteiger partial charge in [0.05, 0.1) is 44.5 Å². The van der Waals surface area contributed by atoms with Gasteiger partial charge < -0.3 is 23.5 Å². The van der Waals surface area contributed by atoms with E-state index in [1.165, 1.54) is 147 Å². The van der Waals surface area contributed by atoms with Gasteiger partial charge in [-0.2, -0.15) is 0 Å². The molecule has 0 bridgehead atoms. The Kier molecular flexibility index (Phi) is 16.6. The average molecular weight is 1560 g/mol. The van der Waals surface area contributed by atoms with E-state index in [2.05, 4.69) is 462 Å². The van der Waals surface area contributed by atoms with Crippen LogP contribution < -0.4 is 9.80 Å². The first-order valence-electron chi connectivity index (χ1n) is 38.1. The fourth-order valence-electron chi connectivity index (χ4n) is 17.6. The lowest BCUT2D eigenvalue weighted by Gasteiger charge is -2.29. The van der Waals surface area contributed by atoms with E-state index >= 15 is 0 Å². The maximum atomic E-state index is 3.65. The van der Waals surface area contributed by atoms with Crippen LogP contribution in [0.1, 0.15) is 11.1 Å². The molecule has 0 atom stereocenters. The lowest BCUT2D eigenvalue weighted by atomic mass is 9.91. The molecule has 0 aliphatic carbocycles. The van der Waals surface area contributed by atoms with E-state index in [1.807, 2.05) is 0 Å². The van der Waals surface area contributed by atoms with Gasteiger partial charge >= 0.3 is 0 Å². The molecule has 0 N–H and O–H groups in total. The van der Waals surface area contributed by atoms with Crippen LogP contribution in [0.3, 0.4) is 0 Å². The van der Waals surface area contributed by atoms with Gasteiger partial charge in [-0.25, -0.2) is 0 Å². The van der Waals surface area contributed by atoms with Gasteiger partial charge in [-0.3, -0.25) is 0 Å².